The van der Waals surface area contributed by atoms with Crippen molar-refractivity contribution >= 4 is 0 Å². The average molecular weight is 229 g/mol. The molecule has 0 aromatic heterocycles. The molecule has 0 aliphatic heterocycles. The molecule has 0 saturated carbocycles. The van der Waals surface area contributed by atoms with Crippen molar-refractivity contribution in [2.24, 2.45) is 0 Å². The Morgan fingerprint density at radius 2 is 2.06 bits per heavy atom. The fraction of sp³-hybridized carbons (Fsp3) is 0.500. The SMILES string of the molecule is CC(C)Oc1cccc(CNCC(F)F)c1. The molecule has 0 aliphatic rings. The van der Waals surface area contributed by atoms with Crippen molar-refractivity contribution in [3.05, 3.63) is 29.8 Å². The molecule has 0 heterocycles. The summed E-state index contributed by atoms with van der Waals surface area (Å²) >= 11 is 0. The molecule has 1 aromatic rings. The standard InChI is InChI=1S/C12H17F2NO/c1-9(2)16-11-5-3-4-10(6-11)7-15-8-12(13)14/h3-6,9,12,15H,7-8H2,1-2H3. The van der Waals surface area contributed by atoms with Crippen LogP contribution in [-0.2, 0) is 6.54 Å². The van der Waals surface area contributed by atoms with Gasteiger partial charge in [-0.3, -0.25) is 0 Å². The first kappa shape index (κ1) is 12.9. The molecule has 0 unspecified atom stereocenters. The first-order valence-electron chi connectivity index (χ1n) is 5.32. The quantitative estimate of drug-likeness (QED) is 0.809. The third kappa shape index (κ3) is 5.07. The molecule has 1 aromatic carbocycles. The summed E-state index contributed by atoms with van der Waals surface area (Å²) in [7, 11) is 0. The van der Waals surface area contributed by atoms with Crippen LogP contribution in [0.4, 0.5) is 8.78 Å². The van der Waals surface area contributed by atoms with Crippen LogP contribution >= 0.6 is 0 Å². The number of nitrogens with one attached hydrogen (secondary N) is 1. The van der Waals surface area contributed by atoms with E-state index in [9.17, 15) is 8.78 Å². The highest BCUT2D eigenvalue weighted by Gasteiger charge is 2.02. The Labute approximate surface area is 94.6 Å². The summed E-state index contributed by atoms with van der Waals surface area (Å²) in [4.78, 5) is 0. The lowest BCUT2D eigenvalue weighted by Crippen LogP contribution is -2.20. The number of hydrogen-bond donors (Lipinski definition) is 1. The van der Waals surface area contributed by atoms with Crippen molar-refractivity contribution in [3.8, 4) is 5.75 Å². The van der Waals surface area contributed by atoms with Crippen molar-refractivity contribution in [2.45, 2.75) is 32.9 Å². The van der Waals surface area contributed by atoms with Crippen molar-refractivity contribution in [1.29, 1.82) is 0 Å². The van der Waals surface area contributed by atoms with Gasteiger partial charge < -0.3 is 10.1 Å². The molecule has 0 spiro atoms. The minimum absolute atomic E-state index is 0.115. The van der Waals surface area contributed by atoms with E-state index in [-0.39, 0.29) is 12.6 Å². The minimum atomic E-state index is -2.31. The van der Waals surface area contributed by atoms with E-state index in [0.717, 1.165) is 11.3 Å². The van der Waals surface area contributed by atoms with Gasteiger partial charge in [0, 0.05) is 6.54 Å². The Morgan fingerprint density at radius 3 is 2.69 bits per heavy atom. The molecule has 0 bridgehead atoms. The van der Waals surface area contributed by atoms with Crippen LogP contribution in [0.15, 0.2) is 24.3 Å². The van der Waals surface area contributed by atoms with Crippen LogP contribution in [0, 0.1) is 0 Å². The van der Waals surface area contributed by atoms with Gasteiger partial charge in [0.1, 0.15) is 5.75 Å². The summed E-state index contributed by atoms with van der Waals surface area (Å²) in [5, 5.41) is 2.68. The predicted molar refractivity (Wildman–Crippen MR) is 59.9 cm³/mol. The highest BCUT2D eigenvalue weighted by Crippen LogP contribution is 2.14. The Morgan fingerprint density at radius 1 is 1.31 bits per heavy atom. The molecule has 0 amide bonds. The predicted octanol–water partition coefficient (Wildman–Crippen LogP) is 2.83. The summed E-state index contributed by atoms with van der Waals surface area (Å²) in [5.41, 5.74) is 0.943. The Balaban J connectivity index is 2.47. The van der Waals surface area contributed by atoms with E-state index in [1.807, 2.05) is 38.1 Å². The summed E-state index contributed by atoms with van der Waals surface area (Å²) in [6.07, 6.45) is -2.20. The molecule has 0 fully saturated rings. The van der Waals surface area contributed by atoms with E-state index in [1.165, 1.54) is 0 Å². The maximum atomic E-state index is 11.9. The van der Waals surface area contributed by atoms with Gasteiger partial charge in [-0.25, -0.2) is 8.78 Å². The van der Waals surface area contributed by atoms with E-state index in [4.69, 9.17) is 4.74 Å². The minimum Gasteiger partial charge on any atom is -0.491 e. The second-order valence-corrected chi connectivity index (χ2v) is 3.84. The zero-order valence-corrected chi connectivity index (χ0v) is 9.54. The van der Waals surface area contributed by atoms with E-state index in [2.05, 4.69) is 5.32 Å². The van der Waals surface area contributed by atoms with Crippen LogP contribution in [0.5, 0.6) is 5.75 Å². The van der Waals surface area contributed by atoms with Crippen molar-refractivity contribution in [2.75, 3.05) is 6.54 Å². The highest BCUT2D eigenvalue weighted by atomic mass is 19.3. The number of hydrogen-bond acceptors (Lipinski definition) is 2. The molecule has 4 heteroatoms. The first-order chi connectivity index (χ1) is 7.58. The van der Waals surface area contributed by atoms with Gasteiger partial charge in [-0.1, -0.05) is 12.1 Å². The number of alkyl halides is 2. The van der Waals surface area contributed by atoms with Gasteiger partial charge in [0.25, 0.3) is 6.43 Å². The Kier molecular flexibility index (Phi) is 5.19. The van der Waals surface area contributed by atoms with Gasteiger partial charge in [0.05, 0.1) is 12.6 Å². The first-order valence-corrected chi connectivity index (χ1v) is 5.32. The molecule has 90 valence electrons. The smallest absolute Gasteiger partial charge is 0.250 e. The summed E-state index contributed by atoms with van der Waals surface area (Å²) in [6, 6.07) is 7.46. The zero-order valence-electron chi connectivity index (χ0n) is 9.54. The molecule has 0 atom stereocenters. The van der Waals surface area contributed by atoms with Gasteiger partial charge in [0.2, 0.25) is 0 Å². The normalized spacial score (nSPS) is 11.1. The molecule has 2 nitrogen and oxygen atoms in total. The van der Waals surface area contributed by atoms with Crippen LogP contribution in [0.25, 0.3) is 0 Å². The fourth-order valence-corrected chi connectivity index (χ4v) is 1.33. The molecule has 16 heavy (non-hydrogen) atoms. The number of halogens is 2. The lowest BCUT2D eigenvalue weighted by Gasteiger charge is -2.11. The van der Waals surface area contributed by atoms with Gasteiger partial charge in [-0.15, -0.1) is 0 Å². The van der Waals surface area contributed by atoms with Gasteiger partial charge >= 0.3 is 0 Å². The summed E-state index contributed by atoms with van der Waals surface area (Å²) in [5.74, 6) is 0.770. The third-order valence-corrected chi connectivity index (χ3v) is 1.90. The Bertz CT molecular complexity index is 316. The lowest BCUT2D eigenvalue weighted by atomic mass is 10.2. The molecule has 1 rings (SSSR count). The highest BCUT2D eigenvalue weighted by molar-refractivity contribution is 5.28. The molecule has 0 saturated heterocycles. The molecular weight excluding hydrogens is 212 g/mol. The van der Waals surface area contributed by atoms with Crippen LogP contribution in [0.1, 0.15) is 19.4 Å². The molecule has 1 N–H and O–H groups in total. The van der Waals surface area contributed by atoms with Crippen LogP contribution in [0.3, 0.4) is 0 Å². The average Bonchev–Trinajstić information content (AvgIpc) is 2.16. The van der Waals surface area contributed by atoms with E-state index in [0.29, 0.717) is 6.54 Å². The maximum Gasteiger partial charge on any atom is 0.250 e. The van der Waals surface area contributed by atoms with E-state index < -0.39 is 6.43 Å². The zero-order chi connectivity index (χ0) is 12.0. The second-order valence-electron chi connectivity index (χ2n) is 3.84. The van der Waals surface area contributed by atoms with Crippen molar-refractivity contribution in [1.82, 2.24) is 5.32 Å². The number of ether oxygens (including phenoxy) is 1. The monoisotopic (exact) mass is 229 g/mol. The third-order valence-electron chi connectivity index (χ3n) is 1.90. The van der Waals surface area contributed by atoms with E-state index >= 15 is 0 Å². The fourth-order valence-electron chi connectivity index (χ4n) is 1.33. The molecular formula is C12H17F2NO. The molecule has 0 aliphatic carbocycles. The van der Waals surface area contributed by atoms with Crippen LogP contribution in [0.2, 0.25) is 0 Å². The van der Waals surface area contributed by atoms with E-state index in [1.54, 1.807) is 0 Å². The van der Waals surface area contributed by atoms with Crippen molar-refractivity contribution < 1.29 is 13.5 Å². The van der Waals surface area contributed by atoms with Gasteiger partial charge in [0.15, 0.2) is 0 Å². The van der Waals surface area contributed by atoms with Gasteiger partial charge in [-0.2, -0.15) is 0 Å². The lowest BCUT2D eigenvalue weighted by molar-refractivity contribution is 0.145. The number of benzene rings is 1. The maximum absolute atomic E-state index is 11.9. The largest absolute Gasteiger partial charge is 0.491 e. The number of rotatable bonds is 6. The topological polar surface area (TPSA) is 21.3 Å². The second kappa shape index (κ2) is 6.43. The Hall–Kier alpha value is -1.16. The van der Waals surface area contributed by atoms with Gasteiger partial charge in [-0.05, 0) is 31.5 Å². The van der Waals surface area contributed by atoms with Crippen LogP contribution in [-0.4, -0.2) is 19.1 Å². The summed E-state index contributed by atoms with van der Waals surface area (Å²) < 4.78 is 29.3. The molecule has 0 radical (unpaired) electrons. The van der Waals surface area contributed by atoms with Crippen LogP contribution < -0.4 is 10.1 Å². The summed E-state index contributed by atoms with van der Waals surface area (Å²) in [6.45, 7) is 4.04. The van der Waals surface area contributed by atoms with Crippen molar-refractivity contribution in [3.63, 3.8) is 0 Å².